The first kappa shape index (κ1) is 24.0. The molecule has 0 radical (unpaired) electrons. The van der Waals surface area contributed by atoms with Crippen LogP contribution in [0.1, 0.15) is 18.4 Å². The second kappa shape index (κ2) is 10.2. The number of fused-ring (bicyclic) bond motifs is 1. The van der Waals surface area contributed by atoms with Crippen LogP contribution in [0.5, 0.6) is 0 Å². The summed E-state index contributed by atoms with van der Waals surface area (Å²) >= 11 is 0. The van der Waals surface area contributed by atoms with E-state index < -0.39 is 6.43 Å². The first-order valence-electron chi connectivity index (χ1n) is 12.9. The van der Waals surface area contributed by atoms with Crippen LogP contribution in [-0.4, -0.2) is 81.1 Å². The van der Waals surface area contributed by atoms with Crippen molar-refractivity contribution in [1.82, 2.24) is 29.2 Å². The molecular formula is C27H31F2N7O. The summed E-state index contributed by atoms with van der Waals surface area (Å²) in [4.78, 5) is 13.9. The molecule has 0 amide bonds. The Morgan fingerprint density at radius 2 is 1.97 bits per heavy atom. The molecule has 0 spiro atoms. The van der Waals surface area contributed by atoms with Gasteiger partial charge in [-0.05, 0) is 38.4 Å². The van der Waals surface area contributed by atoms with Crippen LogP contribution in [0.2, 0.25) is 0 Å². The number of benzene rings is 1. The van der Waals surface area contributed by atoms with Gasteiger partial charge in [0.2, 0.25) is 0 Å². The van der Waals surface area contributed by atoms with Crippen LogP contribution in [0.3, 0.4) is 0 Å². The lowest BCUT2D eigenvalue weighted by Gasteiger charge is -2.29. The van der Waals surface area contributed by atoms with Crippen molar-refractivity contribution in [2.24, 2.45) is 0 Å². The summed E-state index contributed by atoms with van der Waals surface area (Å²) in [6, 6.07) is 12.3. The van der Waals surface area contributed by atoms with Crippen molar-refractivity contribution in [3.63, 3.8) is 0 Å². The Kier molecular flexibility index (Phi) is 6.60. The molecule has 2 aliphatic rings. The van der Waals surface area contributed by atoms with Crippen LogP contribution in [0.25, 0.3) is 28.2 Å². The van der Waals surface area contributed by atoms with E-state index in [-0.39, 0.29) is 12.6 Å². The number of pyridine rings is 1. The predicted octanol–water partition coefficient (Wildman–Crippen LogP) is 4.16. The molecule has 2 aliphatic heterocycles. The average Bonchev–Trinajstić information content (AvgIpc) is 3.65. The van der Waals surface area contributed by atoms with Crippen molar-refractivity contribution in [1.29, 1.82) is 0 Å². The number of hydrogen-bond acceptors (Lipinski definition) is 6. The number of likely N-dealkylation sites (tertiary alicyclic amines) is 1. The molecule has 6 rings (SSSR count). The maximum Gasteiger partial charge on any atom is 0.251 e. The monoisotopic (exact) mass is 507 g/mol. The van der Waals surface area contributed by atoms with Gasteiger partial charge in [-0.3, -0.25) is 4.90 Å². The van der Waals surface area contributed by atoms with Crippen molar-refractivity contribution in [2.45, 2.75) is 38.8 Å². The van der Waals surface area contributed by atoms with Crippen molar-refractivity contribution >= 4 is 16.9 Å². The minimum absolute atomic E-state index is 0.0429. The molecule has 37 heavy (non-hydrogen) atoms. The maximum atomic E-state index is 13.1. The normalized spacial score (nSPS) is 18.9. The average molecular weight is 508 g/mol. The van der Waals surface area contributed by atoms with E-state index in [2.05, 4.69) is 30.0 Å². The van der Waals surface area contributed by atoms with Gasteiger partial charge < -0.3 is 14.2 Å². The number of morpholine rings is 1. The first-order chi connectivity index (χ1) is 18.0. The minimum atomic E-state index is -2.33. The number of hydrogen-bond donors (Lipinski definition) is 0. The molecule has 0 N–H and O–H groups in total. The summed E-state index contributed by atoms with van der Waals surface area (Å²) in [5, 5.41) is 4.84. The zero-order chi connectivity index (χ0) is 25.4. The summed E-state index contributed by atoms with van der Waals surface area (Å²) in [6.45, 7) is 6.01. The van der Waals surface area contributed by atoms with Crippen molar-refractivity contribution in [2.75, 3.05) is 44.3 Å². The Labute approximate surface area is 214 Å². The third-order valence-electron chi connectivity index (χ3n) is 7.31. The largest absolute Gasteiger partial charge is 0.378 e. The molecule has 2 saturated heterocycles. The number of anilines is 1. The lowest BCUT2D eigenvalue weighted by molar-refractivity contribution is 0.0788. The highest BCUT2D eigenvalue weighted by molar-refractivity contribution is 5.87. The van der Waals surface area contributed by atoms with E-state index in [4.69, 9.17) is 19.8 Å². The molecule has 8 nitrogen and oxygen atoms in total. The van der Waals surface area contributed by atoms with Crippen LogP contribution in [-0.2, 0) is 11.3 Å². The van der Waals surface area contributed by atoms with E-state index in [9.17, 15) is 8.78 Å². The third kappa shape index (κ3) is 4.95. The van der Waals surface area contributed by atoms with Gasteiger partial charge in [0.1, 0.15) is 5.52 Å². The predicted molar refractivity (Wildman–Crippen MR) is 138 cm³/mol. The van der Waals surface area contributed by atoms with E-state index in [1.165, 1.54) is 5.56 Å². The molecule has 194 valence electrons. The molecule has 0 bridgehead atoms. The number of aromatic nitrogens is 5. The third-order valence-corrected chi connectivity index (χ3v) is 7.31. The molecule has 0 aliphatic carbocycles. The van der Waals surface area contributed by atoms with Gasteiger partial charge in [0, 0.05) is 43.5 Å². The van der Waals surface area contributed by atoms with Crippen molar-refractivity contribution < 1.29 is 13.5 Å². The fourth-order valence-electron chi connectivity index (χ4n) is 5.46. The van der Waals surface area contributed by atoms with Crippen LogP contribution < -0.4 is 4.90 Å². The molecule has 1 atom stereocenters. The Balaban J connectivity index is 1.39. The smallest absolute Gasteiger partial charge is 0.251 e. The maximum absolute atomic E-state index is 13.1. The number of ether oxygens (including phenoxy) is 1. The molecule has 5 heterocycles. The summed E-state index contributed by atoms with van der Waals surface area (Å²) in [6.07, 6.45) is 3.21. The number of rotatable bonds is 7. The second-order valence-electron chi connectivity index (χ2n) is 9.87. The molecule has 3 aromatic heterocycles. The highest BCUT2D eigenvalue weighted by atomic mass is 19.3. The quantitative estimate of drug-likeness (QED) is 0.374. The highest BCUT2D eigenvalue weighted by Crippen LogP contribution is 2.30. The molecule has 2 fully saturated rings. The fraction of sp³-hybridized carbons (Fsp3) is 0.444. The van der Waals surface area contributed by atoms with Crippen LogP contribution in [0.4, 0.5) is 14.5 Å². The summed E-state index contributed by atoms with van der Waals surface area (Å²) in [7, 11) is 0. The van der Waals surface area contributed by atoms with Gasteiger partial charge in [-0.15, -0.1) is 0 Å². The van der Waals surface area contributed by atoms with Gasteiger partial charge in [-0.1, -0.05) is 23.8 Å². The van der Waals surface area contributed by atoms with Gasteiger partial charge in [-0.2, -0.15) is 5.10 Å². The standard InChI is InChI=1S/C27H31F2N7O/c1-19-4-2-5-20(14-19)22-7-9-36(32-22)25-15-23(33-10-12-37-13-11-33)26-27(31-25)35(18-30-26)16-21-6-3-8-34(21)17-24(28)29/h2,4-5,7,9,14-15,18,21,24H,3,6,8,10-13,16-17H2,1H3/t21-/m1/s1. The number of alkyl halides is 2. The van der Waals surface area contributed by atoms with E-state index in [0.717, 1.165) is 54.0 Å². The van der Waals surface area contributed by atoms with Gasteiger partial charge in [0.05, 0.1) is 37.5 Å². The molecule has 0 saturated carbocycles. The zero-order valence-electron chi connectivity index (χ0n) is 20.9. The zero-order valence-corrected chi connectivity index (χ0v) is 20.9. The number of nitrogens with zero attached hydrogens (tertiary/aromatic N) is 7. The van der Waals surface area contributed by atoms with E-state index in [1.807, 2.05) is 33.9 Å². The minimum Gasteiger partial charge on any atom is -0.378 e. The summed E-state index contributed by atoms with van der Waals surface area (Å²) in [5.74, 6) is 0.700. The molecule has 0 unspecified atom stereocenters. The van der Waals surface area contributed by atoms with Crippen LogP contribution in [0.15, 0.2) is 48.9 Å². The fourth-order valence-corrected chi connectivity index (χ4v) is 5.46. The molecule has 1 aromatic carbocycles. The summed E-state index contributed by atoms with van der Waals surface area (Å²) < 4.78 is 35.7. The van der Waals surface area contributed by atoms with Crippen molar-refractivity contribution in [3.05, 3.63) is 54.5 Å². The Hall–Kier alpha value is -3.37. The topological polar surface area (TPSA) is 64.2 Å². The SMILES string of the molecule is Cc1cccc(-c2ccn(-c3cc(N4CCOCC4)c4ncn(C[C@H]5CCCN5CC(F)F)c4n3)n2)c1. The van der Waals surface area contributed by atoms with Gasteiger partial charge in [0.25, 0.3) is 6.43 Å². The van der Waals surface area contributed by atoms with E-state index in [1.54, 1.807) is 11.0 Å². The first-order valence-corrected chi connectivity index (χ1v) is 12.9. The van der Waals surface area contributed by atoms with Gasteiger partial charge in [-0.25, -0.2) is 23.4 Å². The van der Waals surface area contributed by atoms with Crippen LogP contribution in [0, 0.1) is 6.92 Å². The number of imidazole rings is 1. The van der Waals surface area contributed by atoms with Gasteiger partial charge in [0.15, 0.2) is 11.5 Å². The van der Waals surface area contributed by atoms with E-state index in [0.29, 0.717) is 32.1 Å². The molecule has 4 aromatic rings. The molecule has 10 heteroatoms. The Morgan fingerprint density at radius 3 is 2.78 bits per heavy atom. The molecular weight excluding hydrogens is 476 g/mol. The lowest BCUT2D eigenvalue weighted by atomic mass is 10.1. The summed E-state index contributed by atoms with van der Waals surface area (Å²) in [5.41, 5.74) is 5.66. The number of halogens is 2. The van der Waals surface area contributed by atoms with E-state index >= 15 is 0 Å². The van der Waals surface area contributed by atoms with Crippen molar-refractivity contribution in [3.8, 4) is 17.1 Å². The second-order valence-corrected chi connectivity index (χ2v) is 9.87. The Bertz CT molecular complexity index is 1380. The Morgan fingerprint density at radius 1 is 1.11 bits per heavy atom. The van der Waals surface area contributed by atoms with Crippen LogP contribution >= 0.6 is 0 Å². The lowest BCUT2D eigenvalue weighted by Crippen LogP contribution is -2.36. The van der Waals surface area contributed by atoms with Gasteiger partial charge >= 0.3 is 0 Å². The number of aryl methyl sites for hydroxylation is 1. The highest BCUT2D eigenvalue weighted by Gasteiger charge is 2.28.